The zero-order valence-corrected chi connectivity index (χ0v) is 14.2. The quantitative estimate of drug-likeness (QED) is 0.869. The van der Waals surface area contributed by atoms with Crippen molar-refractivity contribution in [2.45, 2.75) is 66.0 Å². The number of ketones is 1. The molecule has 0 amide bonds. The molecule has 0 aliphatic heterocycles. The van der Waals surface area contributed by atoms with Crippen LogP contribution >= 0.6 is 0 Å². The molecule has 0 aromatic heterocycles. The Hall–Kier alpha value is -1.35. The van der Waals surface area contributed by atoms with Crippen LogP contribution in [0.5, 0.6) is 5.75 Å². The largest absolute Gasteiger partial charge is 0.508 e. The van der Waals surface area contributed by atoms with Gasteiger partial charge in [-0.15, -0.1) is 0 Å². The molecule has 3 heteroatoms. The number of Topliss-reactive ketones (excluding diaryl/α,β-unsaturated/α-hetero) is 1. The van der Waals surface area contributed by atoms with E-state index in [4.69, 9.17) is 0 Å². The fourth-order valence-electron chi connectivity index (χ4n) is 2.29. The monoisotopic (exact) mass is 291 g/mol. The van der Waals surface area contributed by atoms with E-state index in [1.54, 1.807) is 12.1 Å². The van der Waals surface area contributed by atoms with Gasteiger partial charge in [0.15, 0.2) is 5.78 Å². The zero-order chi connectivity index (χ0) is 16.3. The lowest BCUT2D eigenvalue weighted by atomic mass is 9.83. The minimum absolute atomic E-state index is 0.0967. The van der Waals surface area contributed by atoms with Gasteiger partial charge in [0.25, 0.3) is 0 Å². The van der Waals surface area contributed by atoms with Gasteiger partial charge in [-0.2, -0.15) is 0 Å². The van der Waals surface area contributed by atoms with Gasteiger partial charge >= 0.3 is 0 Å². The van der Waals surface area contributed by atoms with E-state index in [9.17, 15) is 9.90 Å². The predicted octanol–water partition coefficient (Wildman–Crippen LogP) is 3.70. The van der Waals surface area contributed by atoms with Gasteiger partial charge in [0.2, 0.25) is 0 Å². The molecule has 2 N–H and O–H groups in total. The standard InChI is InChI=1S/C18H29NO2/c1-17(2,3)16(21)15(19-18(4,5)6)12-9-13-7-10-14(20)11-8-13/h7-8,10-11,15,19-20H,9,12H2,1-6H3/t15-/m0/s1. The summed E-state index contributed by atoms with van der Waals surface area (Å²) in [5.74, 6) is 0.519. The van der Waals surface area contributed by atoms with Gasteiger partial charge in [0.1, 0.15) is 5.75 Å². The lowest BCUT2D eigenvalue weighted by Crippen LogP contribution is -2.51. The second-order valence-electron chi connectivity index (χ2n) is 7.77. The molecule has 1 atom stereocenters. The summed E-state index contributed by atoms with van der Waals surface area (Å²) in [6, 6.07) is 7.04. The molecule has 3 nitrogen and oxygen atoms in total. The summed E-state index contributed by atoms with van der Waals surface area (Å²) in [7, 11) is 0. The van der Waals surface area contributed by atoms with E-state index in [-0.39, 0.29) is 28.5 Å². The first-order valence-electron chi connectivity index (χ1n) is 7.59. The smallest absolute Gasteiger partial charge is 0.155 e. The molecule has 0 fully saturated rings. The summed E-state index contributed by atoms with van der Waals surface area (Å²) in [5, 5.41) is 12.8. The highest BCUT2D eigenvalue weighted by Gasteiger charge is 2.31. The summed E-state index contributed by atoms with van der Waals surface area (Å²) < 4.78 is 0. The Morgan fingerprint density at radius 2 is 1.62 bits per heavy atom. The van der Waals surface area contributed by atoms with Crippen molar-refractivity contribution in [3.05, 3.63) is 29.8 Å². The molecular formula is C18H29NO2. The van der Waals surface area contributed by atoms with Gasteiger partial charge in [-0.3, -0.25) is 4.79 Å². The summed E-state index contributed by atoms with van der Waals surface area (Å²) in [6.07, 6.45) is 1.58. The average molecular weight is 291 g/mol. The highest BCUT2D eigenvalue weighted by Crippen LogP contribution is 2.21. The van der Waals surface area contributed by atoms with Gasteiger partial charge < -0.3 is 10.4 Å². The number of aryl methyl sites for hydroxylation is 1. The number of benzene rings is 1. The number of carbonyl (C=O) groups excluding carboxylic acids is 1. The third-order valence-corrected chi connectivity index (χ3v) is 3.32. The summed E-state index contributed by atoms with van der Waals surface area (Å²) in [5.41, 5.74) is 0.688. The Kier molecular flexibility index (Phi) is 5.57. The molecule has 0 unspecified atom stereocenters. The van der Waals surface area contributed by atoms with Gasteiger partial charge in [0, 0.05) is 11.0 Å². The molecule has 1 aromatic rings. The van der Waals surface area contributed by atoms with Gasteiger partial charge in [-0.25, -0.2) is 0 Å². The maximum absolute atomic E-state index is 12.6. The van der Waals surface area contributed by atoms with Crippen LogP contribution in [-0.2, 0) is 11.2 Å². The molecule has 0 aliphatic carbocycles. The fourth-order valence-corrected chi connectivity index (χ4v) is 2.29. The molecule has 0 radical (unpaired) electrons. The first-order chi connectivity index (χ1) is 9.49. The topological polar surface area (TPSA) is 49.3 Å². The minimum atomic E-state index is -0.349. The van der Waals surface area contributed by atoms with Crippen LogP contribution in [0.15, 0.2) is 24.3 Å². The van der Waals surface area contributed by atoms with Crippen molar-refractivity contribution >= 4 is 5.78 Å². The van der Waals surface area contributed by atoms with Gasteiger partial charge in [-0.05, 0) is 51.3 Å². The van der Waals surface area contributed by atoms with Crippen molar-refractivity contribution in [1.82, 2.24) is 5.32 Å². The zero-order valence-electron chi connectivity index (χ0n) is 14.2. The molecule has 0 heterocycles. The van der Waals surface area contributed by atoms with E-state index in [0.717, 1.165) is 18.4 Å². The van der Waals surface area contributed by atoms with Crippen molar-refractivity contribution in [2.75, 3.05) is 0 Å². The highest BCUT2D eigenvalue weighted by atomic mass is 16.3. The van der Waals surface area contributed by atoms with Crippen molar-refractivity contribution < 1.29 is 9.90 Å². The van der Waals surface area contributed by atoms with E-state index >= 15 is 0 Å². The van der Waals surface area contributed by atoms with Gasteiger partial charge in [0.05, 0.1) is 6.04 Å². The van der Waals surface area contributed by atoms with Crippen LogP contribution in [0.25, 0.3) is 0 Å². The Morgan fingerprint density at radius 1 is 1.10 bits per heavy atom. The minimum Gasteiger partial charge on any atom is -0.508 e. The molecule has 21 heavy (non-hydrogen) atoms. The Labute approximate surface area is 128 Å². The number of nitrogens with one attached hydrogen (secondary N) is 1. The first kappa shape index (κ1) is 17.7. The maximum Gasteiger partial charge on any atom is 0.155 e. The first-order valence-corrected chi connectivity index (χ1v) is 7.59. The predicted molar refractivity (Wildman–Crippen MR) is 87.6 cm³/mol. The third-order valence-electron chi connectivity index (χ3n) is 3.32. The fraction of sp³-hybridized carbons (Fsp3) is 0.611. The van der Waals surface area contributed by atoms with Crippen LogP contribution in [0.4, 0.5) is 0 Å². The summed E-state index contributed by atoms with van der Waals surface area (Å²) in [6.45, 7) is 12.1. The van der Waals surface area contributed by atoms with Crippen LogP contribution < -0.4 is 5.32 Å². The molecule has 0 saturated carbocycles. The van der Waals surface area contributed by atoms with E-state index in [1.807, 2.05) is 32.9 Å². The number of rotatable bonds is 5. The SMILES string of the molecule is CC(C)(C)N[C@@H](CCc1ccc(O)cc1)C(=O)C(C)(C)C. The summed E-state index contributed by atoms with van der Waals surface area (Å²) >= 11 is 0. The van der Waals surface area contributed by atoms with E-state index in [0.29, 0.717) is 0 Å². The Bertz CT molecular complexity index is 463. The molecule has 118 valence electrons. The number of hydrogen-bond acceptors (Lipinski definition) is 3. The van der Waals surface area contributed by atoms with Crippen molar-refractivity contribution in [1.29, 1.82) is 0 Å². The molecule has 1 rings (SSSR count). The average Bonchev–Trinajstić information content (AvgIpc) is 2.33. The van der Waals surface area contributed by atoms with Crippen molar-refractivity contribution in [3.63, 3.8) is 0 Å². The van der Waals surface area contributed by atoms with Crippen LogP contribution in [0, 0.1) is 5.41 Å². The highest BCUT2D eigenvalue weighted by molar-refractivity contribution is 5.88. The second-order valence-corrected chi connectivity index (χ2v) is 7.77. The number of aromatic hydroxyl groups is 1. The molecule has 0 spiro atoms. The molecule has 1 aromatic carbocycles. The normalized spacial score (nSPS) is 14.0. The lowest BCUT2D eigenvalue weighted by molar-refractivity contribution is -0.129. The van der Waals surface area contributed by atoms with E-state index < -0.39 is 0 Å². The third kappa shape index (κ3) is 6.30. The van der Waals surface area contributed by atoms with Crippen LogP contribution in [-0.4, -0.2) is 22.5 Å². The van der Waals surface area contributed by atoms with E-state index in [1.165, 1.54) is 0 Å². The number of hydrogen-bond donors (Lipinski definition) is 2. The number of phenols is 1. The van der Waals surface area contributed by atoms with Crippen LogP contribution in [0.3, 0.4) is 0 Å². The molecule has 0 bridgehead atoms. The maximum atomic E-state index is 12.6. The lowest BCUT2D eigenvalue weighted by Gasteiger charge is -2.32. The molecule has 0 saturated heterocycles. The summed E-state index contributed by atoms with van der Waals surface area (Å²) in [4.78, 5) is 12.6. The number of carbonyl (C=O) groups is 1. The van der Waals surface area contributed by atoms with Crippen LogP contribution in [0.1, 0.15) is 53.5 Å². The Morgan fingerprint density at radius 3 is 2.05 bits per heavy atom. The Balaban J connectivity index is 2.78. The molecule has 0 aliphatic rings. The van der Waals surface area contributed by atoms with E-state index in [2.05, 4.69) is 26.1 Å². The van der Waals surface area contributed by atoms with Crippen molar-refractivity contribution in [3.8, 4) is 5.75 Å². The van der Waals surface area contributed by atoms with Crippen molar-refractivity contribution in [2.24, 2.45) is 5.41 Å². The van der Waals surface area contributed by atoms with Crippen LogP contribution in [0.2, 0.25) is 0 Å². The van der Waals surface area contributed by atoms with Gasteiger partial charge in [-0.1, -0.05) is 32.9 Å². The second kappa shape index (κ2) is 6.61. The number of phenolic OH excluding ortho intramolecular Hbond substituents is 1. The molecular weight excluding hydrogens is 262 g/mol.